The van der Waals surface area contributed by atoms with Crippen molar-refractivity contribution >= 4 is 69.2 Å². The van der Waals surface area contributed by atoms with E-state index in [2.05, 4.69) is 25.5 Å². The normalized spacial score (nSPS) is 20.3. The van der Waals surface area contributed by atoms with Gasteiger partial charge in [0, 0.05) is 35.5 Å². The van der Waals surface area contributed by atoms with Gasteiger partial charge < -0.3 is 20.2 Å². The van der Waals surface area contributed by atoms with Crippen molar-refractivity contribution in [1.29, 1.82) is 0 Å². The fourth-order valence-corrected chi connectivity index (χ4v) is 7.83. The molecule has 2 aromatic carbocycles. The number of anilines is 1. The van der Waals surface area contributed by atoms with Crippen LogP contribution < -0.4 is 10.6 Å². The van der Waals surface area contributed by atoms with Crippen LogP contribution in [0.5, 0.6) is 5.75 Å². The van der Waals surface area contributed by atoms with Gasteiger partial charge in [-0.05, 0) is 49.5 Å². The molecule has 0 bridgehead atoms. The monoisotopic (exact) mass is 631 g/mol. The summed E-state index contributed by atoms with van der Waals surface area (Å²) in [4.78, 5) is 39.6. The van der Waals surface area contributed by atoms with Gasteiger partial charge in [-0.25, -0.2) is 9.97 Å². The predicted molar refractivity (Wildman–Crippen MR) is 174 cm³/mol. The molecule has 12 nitrogen and oxygen atoms in total. The molecule has 1 unspecified atom stereocenters. The summed E-state index contributed by atoms with van der Waals surface area (Å²) < 4.78 is 5.18. The fourth-order valence-electron chi connectivity index (χ4n) is 5.06. The number of aliphatic imine (C=N–C) groups is 1. The average Bonchev–Trinajstić information content (AvgIpc) is 3.78. The van der Waals surface area contributed by atoms with Crippen LogP contribution in [0.4, 0.5) is 11.7 Å². The topological polar surface area (TPSA) is 159 Å². The molecule has 0 saturated carbocycles. The van der Waals surface area contributed by atoms with Crippen LogP contribution in [0.25, 0.3) is 23.1 Å². The lowest BCUT2D eigenvalue weighted by molar-refractivity contribution is -0.402. The number of aromatic nitrogens is 2. The van der Waals surface area contributed by atoms with Crippen LogP contribution in [0.3, 0.4) is 0 Å². The number of phenolic OH excluding ortho intramolecular Hbond substituents is 1. The van der Waals surface area contributed by atoms with E-state index in [-0.39, 0.29) is 35.0 Å². The van der Waals surface area contributed by atoms with E-state index >= 15 is 0 Å². The SMILES string of the molecule is CN1C([C@@H]2CSC(c3ccccc3O)=N2)SC[C@@H]1C(=O)NCCNc1nc(/C=C/c2ccc([N+](=O)[O-])o2)nc2ccccc12. The summed E-state index contributed by atoms with van der Waals surface area (Å²) in [5.74, 6) is 2.66. The van der Waals surface area contributed by atoms with Crippen LogP contribution in [-0.4, -0.2) is 84.9 Å². The van der Waals surface area contributed by atoms with Crippen LogP contribution in [0.1, 0.15) is 17.1 Å². The summed E-state index contributed by atoms with van der Waals surface area (Å²) in [6.07, 6.45) is 3.21. The molecule has 14 heteroatoms. The van der Waals surface area contributed by atoms with Crippen molar-refractivity contribution in [2.75, 3.05) is 37.0 Å². The molecule has 1 fully saturated rings. The first-order valence-electron chi connectivity index (χ1n) is 13.9. The Hall–Kier alpha value is -4.40. The average molecular weight is 632 g/mol. The first kappa shape index (κ1) is 29.7. The maximum Gasteiger partial charge on any atom is 0.433 e. The Bertz CT molecular complexity index is 1760. The Balaban J connectivity index is 1.05. The van der Waals surface area contributed by atoms with Gasteiger partial charge in [0.1, 0.15) is 27.3 Å². The molecule has 0 spiro atoms. The van der Waals surface area contributed by atoms with Gasteiger partial charge in [-0.1, -0.05) is 24.3 Å². The number of benzene rings is 2. The van der Waals surface area contributed by atoms with E-state index < -0.39 is 4.92 Å². The van der Waals surface area contributed by atoms with Crippen LogP contribution >= 0.6 is 23.5 Å². The summed E-state index contributed by atoms with van der Waals surface area (Å²) in [5.41, 5.74) is 1.48. The molecule has 2 aliphatic rings. The Morgan fingerprint density at radius 3 is 2.75 bits per heavy atom. The van der Waals surface area contributed by atoms with Gasteiger partial charge >= 0.3 is 5.88 Å². The van der Waals surface area contributed by atoms with Crippen molar-refractivity contribution in [2.45, 2.75) is 17.5 Å². The van der Waals surface area contributed by atoms with Crippen molar-refractivity contribution in [2.24, 2.45) is 4.99 Å². The summed E-state index contributed by atoms with van der Waals surface area (Å²) in [6.45, 7) is 0.841. The Kier molecular flexibility index (Phi) is 8.82. The number of hydrogen-bond acceptors (Lipinski definition) is 12. The second kappa shape index (κ2) is 13.1. The molecule has 226 valence electrons. The number of para-hydroxylation sites is 2. The number of carbonyl (C=O) groups excluding carboxylic acids is 1. The van der Waals surface area contributed by atoms with Gasteiger partial charge in [0.25, 0.3) is 0 Å². The molecular formula is C30H29N7O5S2. The highest BCUT2D eigenvalue weighted by atomic mass is 32.2. The lowest BCUT2D eigenvalue weighted by atomic mass is 10.2. The maximum absolute atomic E-state index is 13.1. The molecule has 4 heterocycles. The molecule has 2 aromatic heterocycles. The van der Waals surface area contributed by atoms with Crippen molar-refractivity contribution < 1.29 is 19.2 Å². The smallest absolute Gasteiger partial charge is 0.433 e. The van der Waals surface area contributed by atoms with Crippen molar-refractivity contribution in [3.63, 3.8) is 0 Å². The van der Waals surface area contributed by atoms with E-state index in [1.807, 2.05) is 43.4 Å². The third-order valence-corrected chi connectivity index (χ3v) is 9.89. The van der Waals surface area contributed by atoms with E-state index in [4.69, 9.17) is 9.41 Å². The Morgan fingerprint density at radius 1 is 1.11 bits per heavy atom. The number of furan rings is 1. The lowest BCUT2D eigenvalue weighted by Crippen LogP contribution is -2.48. The van der Waals surface area contributed by atoms with E-state index in [0.717, 1.165) is 27.3 Å². The molecule has 2 aliphatic heterocycles. The van der Waals surface area contributed by atoms with Gasteiger partial charge in [-0.2, -0.15) is 0 Å². The number of nitrogens with zero attached hydrogens (tertiary/aromatic N) is 5. The van der Waals surface area contributed by atoms with E-state index in [1.54, 1.807) is 47.8 Å². The second-order valence-electron chi connectivity index (χ2n) is 10.2. The number of rotatable bonds is 10. The highest BCUT2D eigenvalue weighted by molar-refractivity contribution is 8.14. The molecule has 3 N–H and O–H groups in total. The van der Waals surface area contributed by atoms with Crippen LogP contribution in [0.15, 0.2) is 70.1 Å². The number of carbonyl (C=O) groups is 1. The molecule has 4 aromatic rings. The molecule has 0 aliphatic carbocycles. The number of aromatic hydroxyl groups is 1. The molecule has 1 saturated heterocycles. The predicted octanol–water partition coefficient (Wildman–Crippen LogP) is 4.47. The van der Waals surface area contributed by atoms with Crippen LogP contribution in [0.2, 0.25) is 0 Å². The summed E-state index contributed by atoms with van der Waals surface area (Å²) in [6, 6.07) is 17.4. The number of phenols is 1. The molecule has 0 radical (unpaired) electrons. The third-order valence-electron chi connectivity index (χ3n) is 7.28. The van der Waals surface area contributed by atoms with Crippen molar-refractivity contribution in [3.8, 4) is 5.75 Å². The van der Waals surface area contributed by atoms with E-state index in [0.29, 0.717) is 36.2 Å². The first-order valence-corrected chi connectivity index (χ1v) is 15.9. The van der Waals surface area contributed by atoms with E-state index in [9.17, 15) is 20.0 Å². The minimum atomic E-state index is -0.593. The van der Waals surface area contributed by atoms with Gasteiger partial charge in [0.2, 0.25) is 5.91 Å². The number of fused-ring (bicyclic) bond motifs is 1. The quantitative estimate of drug-likeness (QED) is 0.129. The number of thioether (sulfide) groups is 2. The Morgan fingerprint density at radius 2 is 1.93 bits per heavy atom. The number of likely N-dealkylation sites (N-methyl/N-ethyl adjacent to an activating group) is 1. The molecule has 3 atom stereocenters. The van der Waals surface area contributed by atoms with Crippen LogP contribution in [-0.2, 0) is 4.79 Å². The highest BCUT2D eigenvalue weighted by Gasteiger charge is 2.41. The maximum atomic E-state index is 13.1. The zero-order valence-electron chi connectivity index (χ0n) is 23.6. The summed E-state index contributed by atoms with van der Waals surface area (Å²) in [5, 5.41) is 29.2. The minimum absolute atomic E-state index is 0.0290. The molecular weight excluding hydrogens is 603 g/mol. The largest absolute Gasteiger partial charge is 0.507 e. The van der Waals surface area contributed by atoms with Gasteiger partial charge in [0.15, 0.2) is 5.82 Å². The standard InChI is InChI=1S/C30H29N7O5S2/c1-36-23(17-44-30(36)22-16-43-29(34-22)20-7-3-5-9-24(20)38)28(39)32-15-14-31-27-19-6-2-4-8-21(19)33-25(35-27)12-10-18-11-13-26(42-18)37(40)41/h2-13,22-23,30,38H,14-17H2,1H3,(H,32,39)(H,31,33,35)/b12-10+/t22-,23+,30?/m0/s1. The van der Waals surface area contributed by atoms with Gasteiger partial charge in [-0.15, -0.1) is 23.5 Å². The minimum Gasteiger partial charge on any atom is -0.507 e. The number of amides is 1. The van der Waals surface area contributed by atoms with Crippen LogP contribution in [0, 0.1) is 10.1 Å². The molecule has 1 amide bonds. The summed E-state index contributed by atoms with van der Waals surface area (Å²) >= 11 is 3.37. The lowest BCUT2D eigenvalue weighted by Gasteiger charge is -2.26. The highest BCUT2D eigenvalue weighted by Crippen LogP contribution is 2.37. The fraction of sp³-hybridized carbons (Fsp3) is 0.267. The number of hydrogen-bond donors (Lipinski definition) is 3. The Labute approximate surface area is 261 Å². The molecule has 44 heavy (non-hydrogen) atoms. The van der Waals surface area contributed by atoms with E-state index in [1.165, 1.54) is 12.1 Å². The number of nitrogens with one attached hydrogen (secondary N) is 2. The van der Waals surface area contributed by atoms with Gasteiger partial charge in [0.05, 0.1) is 29.0 Å². The third kappa shape index (κ3) is 6.42. The number of nitro groups is 1. The van der Waals surface area contributed by atoms with Crippen molar-refractivity contribution in [1.82, 2.24) is 20.2 Å². The summed E-state index contributed by atoms with van der Waals surface area (Å²) in [7, 11) is 1.97. The van der Waals surface area contributed by atoms with Gasteiger partial charge in [-0.3, -0.25) is 24.8 Å². The van der Waals surface area contributed by atoms with Crippen molar-refractivity contribution in [3.05, 3.63) is 87.9 Å². The second-order valence-corrected chi connectivity index (χ2v) is 12.3. The first-order chi connectivity index (χ1) is 21.4. The zero-order valence-corrected chi connectivity index (χ0v) is 25.3. The zero-order chi connectivity index (χ0) is 30.6. The molecule has 6 rings (SSSR count).